The Balaban J connectivity index is 2.79. The molecule has 0 aliphatic carbocycles. The van der Waals surface area contributed by atoms with Crippen molar-refractivity contribution >= 4 is 23.9 Å². The van der Waals surface area contributed by atoms with Crippen LogP contribution in [0.15, 0.2) is 18.2 Å². The van der Waals surface area contributed by atoms with Crippen LogP contribution < -0.4 is 4.74 Å². The number of ether oxygens (including phenoxy) is 1. The Kier molecular flexibility index (Phi) is 4.92. The molecule has 1 rings (SSSR count). The lowest BCUT2D eigenvalue weighted by Crippen LogP contribution is -2.10. The van der Waals surface area contributed by atoms with E-state index >= 15 is 0 Å². The summed E-state index contributed by atoms with van der Waals surface area (Å²) in [6.07, 6.45) is 0.981. The molecule has 0 heterocycles. The number of hydrogen-bond acceptors (Lipinski definition) is 3. The smallest absolute Gasteiger partial charge is 0.311 e. The molecule has 1 aromatic carbocycles. The quantitative estimate of drug-likeness (QED) is 0.346. The van der Waals surface area contributed by atoms with E-state index in [1.165, 1.54) is 12.1 Å². The number of rotatable bonds is 5. The second-order valence-electron chi connectivity index (χ2n) is 3.04. The zero-order chi connectivity index (χ0) is 12.0. The van der Waals surface area contributed by atoms with Gasteiger partial charge in [0.05, 0.1) is 5.56 Å². The van der Waals surface area contributed by atoms with Crippen LogP contribution in [0.4, 0.5) is 4.39 Å². The molecule has 86 valence electrons. The third-order valence-electron chi connectivity index (χ3n) is 1.85. The summed E-state index contributed by atoms with van der Waals surface area (Å²) in [5.41, 5.74) is 0.0132. The minimum absolute atomic E-state index is 0.0132. The highest BCUT2D eigenvalue weighted by atomic mass is 35.5. The molecule has 0 bridgehead atoms. The number of carbonyl (C=O) groups excluding carboxylic acids is 2. The number of hydrogen-bond donors (Lipinski definition) is 0. The van der Waals surface area contributed by atoms with Gasteiger partial charge in [0.15, 0.2) is 17.9 Å². The number of esters is 1. The van der Waals surface area contributed by atoms with Crippen LogP contribution in [-0.4, -0.2) is 18.1 Å². The van der Waals surface area contributed by atoms with Crippen molar-refractivity contribution in [1.82, 2.24) is 0 Å². The third kappa shape index (κ3) is 3.31. The van der Waals surface area contributed by atoms with Crippen LogP contribution in [0.1, 0.15) is 23.2 Å². The maximum atomic E-state index is 13.3. The van der Waals surface area contributed by atoms with Crippen molar-refractivity contribution in [2.24, 2.45) is 0 Å². The molecule has 1 aromatic rings. The average Bonchev–Trinajstić information content (AvgIpc) is 2.29. The number of aldehydes is 1. The van der Waals surface area contributed by atoms with E-state index in [9.17, 15) is 14.0 Å². The van der Waals surface area contributed by atoms with Gasteiger partial charge in [0.25, 0.3) is 0 Å². The first kappa shape index (κ1) is 12.6. The molecule has 0 aliphatic rings. The lowest BCUT2D eigenvalue weighted by atomic mass is 10.2. The Hall–Kier alpha value is -1.42. The minimum Gasteiger partial charge on any atom is -0.423 e. The summed E-state index contributed by atoms with van der Waals surface area (Å²) in [7, 11) is 0. The highest BCUT2D eigenvalue weighted by molar-refractivity contribution is 6.17. The Bertz CT molecular complexity index is 393. The Morgan fingerprint density at radius 3 is 2.88 bits per heavy atom. The molecule has 0 fully saturated rings. The van der Waals surface area contributed by atoms with Crippen LogP contribution >= 0.6 is 11.6 Å². The van der Waals surface area contributed by atoms with E-state index in [2.05, 4.69) is 0 Å². The molecule has 0 radical (unpaired) electrons. The zero-order valence-corrected chi connectivity index (χ0v) is 9.17. The molecule has 3 nitrogen and oxygen atoms in total. The maximum Gasteiger partial charge on any atom is 0.311 e. The molecule has 16 heavy (non-hydrogen) atoms. The molecule has 0 N–H and O–H groups in total. The van der Waals surface area contributed by atoms with Crippen molar-refractivity contribution in [1.29, 1.82) is 0 Å². The van der Waals surface area contributed by atoms with Crippen LogP contribution in [-0.2, 0) is 4.79 Å². The number of carbonyl (C=O) groups is 2. The predicted octanol–water partition coefficient (Wildman–Crippen LogP) is 2.56. The highest BCUT2D eigenvalue weighted by Gasteiger charge is 2.13. The summed E-state index contributed by atoms with van der Waals surface area (Å²) in [4.78, 5) is 21.8. The van der Waals surface area contributed by atoms with Gasteiger partial charge in [0.1, 0.15) is 0 Å². The second kappa shape index (κ2) is 6.23. The standard InChI is InChI=1S/C11H10ClFO3/c12-6-2-5-10(15)16-11-8(7-14)3-1-4-9(11)13/h1,3-4,7H,2,5-6H2. The number of alkyl halides is 1. The van der Waals surface area contributed by atoms with Crippen molar-refractivity contribution in [3.63, 3.8) is 0 Å². The first-order valence-corrected chi connectivity index (χ1v) is 5.23. The Labute approximate surface area is 97.2 Å². The monoisotopic (exact) mass is 244 g/mol. The van der Waals surface area contributed by atoms with Gasteiger partial charge in [-0.15, -0.1) is 11.6 Å². The van der Waals surface area contributed by atoms with Crippen molar-refractivity contribution < 1.29 is 18.7 Å². The molecule has 0 spiro atoms. The van der Waals surface area contributed by atoms with Crippen molar-refractivity contribution in [3.8, 4) is 5.75 Å². The molecule has 0 aliphatic heterocycles. The second-order valence-corrected chi connectivity index (χ2v) is 3.42. The molecular formula is C11H10ClFO3. The fraction of sp³-hybridized carbons (Fsp3) is 0.273. The fourth-order valence-corrected chi connectivity index (χ4v) is 1.24. The van der Waals surface area contributed by atoms with Crippen LogP contribution in [0.5, 0.6) is 5.75 Å². The van der Waals surface area contributed by atoms with Gasteiger partial charge in [-0.05, 0) is 18.6 Å². The number of halogens is 2. The number of para-hydroxylation sites is 1. The van der Waals surface area contributed by atoms with Crippen molar-refractivity contribution in [3.05, 3.63) is 29.6 Å². The molecule has 0 saturated carbocycles. The predicted molar refractivity (Wildman–Crippen MR) is 57.4 cm³/mol. The highest BCUT2D eigenvalue weighted by Crippen LogP contribution is 2.21. The Morgan fingerprint density at radius 2 is 2.25 bits per heavy atom. The van der Waals surface area contributed by atoms with E-state index in [-0.39, 0.29) is 17.7 Å². The lowest BCUT2D eigenvalue weighted by Gasteiger charge is -2.06. The summed E-state index contributed by atoms with van der Waals surface area (Å²) < 4.78 is 18.0. The summed E-state index contributed by atoms with van der Waals surface area (Å²) >= 11 is 5.40. The van der Waals surface area contributed by atoms with Gasteiger partial charge in [-0.1, -0.05) is 6.07 Å². The third-order valence-corrected chi connectivity index (χ3v) is 2.12. The summed E-state index contributed by atoms with van der Waals surface area (Å²) in [6, 6.07) is 3.87. The summed E-state index contributed by atoms with van der Waals surface area (Å²) in [6.45, 7) is 0. The fourth-order valence-electron chi connectivity index (χ4n) is 1.10. The van der Waals surface area contributed by atoms with Gasteiger partial charge in [-0.25, -0.2) is 4.39 Å². The Morgan fingerprint density at radius 1 is 1.50 bits per heavy atom. The average molecular weight is 245 g/mol. The molecule has 0 amide bonds. The van der Waals surface area contributed by atoms with E-state index in [1.54, 1.807) is 0 Å². The molecule has 0 atom stereocenters. The topological polar surface area (TPSA) is 43.4 Å². The first-order chi connectivity index (χ1) is 7.69. The minimum atomic E-state index is -0.733. The summed E-state index contributed by atoms with van der Waals surface area (Å²) in [5, 5.41) is 0. The van der Waals surface area contributed by atoms with Gasteiger partial charge in [-0.2, -0.15) is 0 Å². The van der Waals surface area contributed by atoms with E-state index in [0.29, 0.717) is 18.6 Å². The molecule has 0 saturated heterocycles. The zero-order valence-electron chi connectivity index (χ0n) is 8.41. The number of benzene rings is 1. The van der Waals surface area contributed by atoms with E-state index < -0.39 is 11.8 Å². The van der Waals surface area contributed by atoms with Gasteiger partial charge in [-0.3, -0.25) is 9.59 Å². The van der Waals surface area contributed by atoms with Crippen LogP contribution in [0.25, 0.3) is 0 Å². The molecule has 0 unspecified atom stereocenters. The van der Waals surface area contributed by atoms with Gasteiger partial charge in [0.2, 0.25) is 0 Å². The SMILES string of the molecule is O=Cc1cccc(F)c1OC(=O)CCCCl. The summed E-state index contributed by atoms with van der Waals surface area (Å²) in [5.74, 6) is -1.33. The maximum absolute atomic E-state index is 13.3. The van der Waals surface area contributed by atoms with E-state index in [4.69, 9.17) is 16.3 Å². The van der Waals surface area contributed by atoms with Crippen LogP contribution in [0.3, 0.4) is 0 Å². The molecule has 0 aromatic heterocycles. The molecule has 5 heteroatoms. The normalized spacial score (nSPS) is 9.88. The van der Waals surface area contributed by atoms with Crippen LogP contribution in [0, 0.1) is 5.82 Å². The van der Waals surface area contributed by atoms with E-state index in [1.807, 2.05) is 0 Å². The lowest BCUT2D eigenvalue weighted by molar-refractivity contribution is -0.134. The van der Waals surface area contributed by atoms with Crippen molar-refractivity contribution in [2.75, 3.05) is 5.88 Å². The van der Waals surface area contributed by atoms with Gasteiger partial charge in [0, 0.05) is 12.3 Å². The van der Waals surface area contributed by atoms with E-state index in [0.717, 1.165) is 6.07 Å². The largest absolute Gasteiger partial charge is 0.423 e. The van der Waals surface area contributed by atoms with Gasteiger partial charge >= 0.3 is 5.97 Å². The van der Waals surface area contributed by atoms with Gasteiger partial charge < -0.3 is 4.74 Å². The first-order valence-electron chi connectivity index (χ1n) is 4.69. The van der Waals surface area contributed by atoms with Crippen LogP contribution in [0.2, 0.25) is 0 Å². The van der Waals surface area contributed by atoms with Crippen molar-refractivity contribution in [2.45, 2.75) is 12.8 Å². The molecular weight excluding hydrogens is 235 g/mol.